The SMILES string of the molecule is CC1(C)C(/C=C/C=C/C=C2/N(CCCS)c3ccccc3C2(C)C)=[N+](CCCS)c2ccccc21. The van der Waals surface area contributed by atoms with Gasteiger partial charge in [0.1, 0.15) is 6.54 Å². The van der Waals surface area contributed by atoms with Crippen LogP contribution < -0.4 is 4.90 Å². The summed E-state index contributed by atoms with van der Waals surface area (Å²) >= 11 is 8.92. The predicted octanol–water partition coefficient (Wildman–Crippen LogP) is 7.50. The Balaban J connectivity index is 1.61. The Kier molecular flexibility index (Phi) is 8.02. The van der Waals surface area contributed by atoms with Crippen molar-refractivity contribution in [2.24, 2.45) is 0 Å². The van der Waals surface area contributed by atoms with Gasteiger partial charge in [0, 0.05) is 47.5 Å². The predicted molar refractivity (Wildman–Crippen MR) is 159 cm³/mol. The molecule has 0 saturated carbocycles. The number of allylic oxidation sites excluding steroid dienone is 6. The maximum Gasteiger partial charge on any atom is 0.209 e. The highest BCUT2D eigenvalue weighted by Crippen LogP contribution is 2.47. The summed E-state index contributed by atoms with van der Waals surface area (Å²) in [4.78, 5) is 2.48. The highest BCUT2D eigenvalue weighted by atomic mass is 32.1. The van der Waals surface area contributed by atoms with Crippen molar-refractivity contribution in [2.75, 3.05) is 29.5 Å². The fourth-order valence-electron chi connectivity index (χ4n) is 5.58. The molecule has 2 nitrogen and oxygen atoms in total. The molecule has 2 aliphatic rings. The molecule has 0 atom stereocenters. The number of fused-ring (bicyclic) bond motifs is 2. The summed E-state index contributed by atoms with van der Waals surface area (Å²) in [6.07, 6.45) is 13.3. The molecule has 0 aliphatic carbocycles. The minimum Gasteiger partial charge on any atom is -0.344 e. The summed E-state index contributed by atoms with van der Waals surface area (Å²) in [6, 6.07) is 17.6. The van der Waals surface area contributed by atoms with Gasteiger partial charge in [-0.15, -0.1) is 0 Å². The Bertz CT molecular complexity index is 1180. The van der Waals surface area contributed by atoms with Gasteiger partial charge in [-0.25, -0.2) is 0 Å². The first-order valence-electron chi connectivity index (χ1n) is 12.7. The molecule has 0 radical (unpaired) electrons. The second-order valence-corrected chi connectivity index (χ2v) is 11.3. The lowest BCUT2D eigenvalue weighted by atomic mass is 9.81. The molecule has 2 aliphatic heterocycles. The Morgan fingerprint density at radius 3 is 2.23 bits per heavy atom. The fourth-order valence-corrected chi connectivity index (χ4v) is 5.86. The summed E-state index contributed by atoms with van der Waals surface area (Å²) in [5, 5.41) is 0. The number of hydrogen-bond donors (Lipinski definition) is 2. The van der Waals surface area contributed by atoms with E-state index < -0.39 is 0 Å². The van der Waals surface area contributed by atoms with Crippen LogP contribution in [-0.2, 0) is 10.8 Å². The summed E-state index contributed by atoms with van der Waals surface area (Å²) in [5.74, 6) is 1.79. The number of hydrogen-bond acceptors (Lipinski definition) is 3. The zero-order chi connectivity index (χ0) is 25.1. The summed E-state index contributed by atoms with van der Waals surface area (Å²) in [7, 11) is 0. The molecule has 184 valence electrons. The van der Waals surface area contributed by atoms with Gasteiger partial charge in [-0.1, -0.05) is 68.5 Å². The number of anilines is 1. The molecule has 35 heavy (non-hydrogen) atoms. The van der Waals surface area contributed by atoms with Gasteiger partial charge in [-0.2, -0.15) is 29.8 Å². The molecule has 0 aromatic heterocycles. The van der Waals surface area contributed by atoms with E-state index in [0.717, 1.165) is 37.4 Å². The largest absolute Gasteiger partial charge is 0.344 e. The van der Waals surface area contributed by atoms with Crippen molar-refractivity contribution in [1.82, 2.24) is 0 Å². The number of rotatable bonds is 9. The van der Waals surface area contributed by atoms with Crippen LogP contribution in [0.2, 0.25) is 0 Å². The van der Waals surface area contributed by atoms with Crippen molar-refractivity contribution < 1.29 is 4.58 Å². The van der Waals surface area contributed by atoms with Crippen LogP contribution in [-0.4, -0.2) is 34.9 Å². The lowest BCUT2D eigenvalue weighted by Crippen LogP contribution is -2.28. The normalized spacial score (nSPS) is 19.4. The van der Waals surface area contributed by atoms with Crippen LogP contribution >= 0.6 is 25.3 Å². The van der Waals surface area contributed by atoms with Gasteiger partial charge >= 0.3 is 0 Å². The molecule has 2 aromatic rings. The lowest BCUT2D eigenvalue weighted by molar-refractivity contribution is -0.437. The Hall–Kier alpha value is -2.17. The van der Waals surface area contributed by atoms with Gasteiger partial charge in [-0.05, 0) is 49.5 Å². The minimum absolute atomic E-state index is 0.0191. The van der Waals surface area contributed by atoms with Crippen molar-refractivity contribution in [3.63, 3.8) is 0 Å². The molecule has 0 N–H and O–H groups in total. The lowest BCUT2D eigenvalue weighted by Gasteiger charge is -2.26. The first-order chi connectivity index (χ1) is 16.8. The van der Waals surface area contributed by atoms with Crippen molar-refractivity contribution in [2.45, 2.75) is 51.4 Å². The molecule has 0 fully saturated rings. The fraction of sp³-hybridized carbons (Fsp3) is 0.387. The van der Waals surface area contributed by atoms with E-state index in [1.807, 2.05) is 0 Å². The van der Waals surface area contributed by atoms with Gasteiger partial charge < -0.3 is 4.90 Å². The molecular formula is C31H39N2S2+. The highest BCUT2D eigenvalue weighted by Gasteiger charge is 2.43. The van der Waals surface area contributed by atoms with Gasteiger partial charge in [0.25, 0.3) is 0 Å². The van der Waals surface area contributed by atoms with Gasteiger partial charge in [0.05, 0.1) is 5.41 Å². The summed E-state index contributed by atoms with van der Waals surface area (Å²) in [5.41, 5.74) is 8.11. The molecule has 2 heterocycles. The number of nitrogens with zero attached hydrogens (tertiary/aromatic N) is 2. The molecule has 0 amide bonds. The molecular weight excluding hydrogens is 464 g/mol. The quantitative estimate of drug-likeness (QED) is 0.204. The van der Waals surface area contributed by atoms with Crippen LogP contribution in [0.15, 0.2) is 84.6 Å². The molecule has 4 rings (SSSR count). The molecule has 0 bridgehead atoms. The molecule has 0 unspecified atom stereocenters. The van der Waals surface area contributed by atoms with E-state index in [1.165, 1.54) is 33.9 Å². The van der Waals surface area contributed by atoms with Gasteiger partial charge in [-0.3, -0.25) is 0 Å². The van der Waals surface area contributed by atoms with E-state index in [-0.39, 0.29) is 10.8 Å². The maximum atomic E-state index is 4.46. The van der Waals surface area contributed by atoms with Crippen LogP contribution in [0.4, 0.5) is 11.4 Å². The van der Waals surface area contributed by atoms with Gasteiger partial charge in [0.15, 0.2) is 5.71 Å². The van der Waals surface area contributed by atoms with Crippen molar-refractivity contribution in [3.8, 4) is 0 Å². The van der Waals surface area contributed by atoms with Crippen LogP contribution in [0.3, 0.4) is 0 Å². The summed E-state index contributed by atoms with van der Waals surface area (Å²) in [6.45, 7) is 11.3. The number of para-hydroxylation sites is 2. The van der Waals surface area contributed by atoms with Crippen molar-refractivity contribution >= 4 is 42.3 Å². The standard InChI is InChI=1S/C31H38N2S2/c1-30(2)24-14-8-10-16-26(24)32(20-12-22-34)28(30)18-6-5-7-19-29-31(3,4)25-15-9-11-17-27(25)33(29)21-13-23-35/h5-11,14-19H,12-13,20-23H2,1-4H3,(H-,34,35)/p+1. The van der Waals surface area contributed by atoms with E-state index in [4.69, 9.17) is 0 Å². The Morgan fingerprint density at radius 2 is 1.49 bits per heavy atom. The van der Waals surface area contributed by atoms with Crippen molar-refractivity contribution in [3.05, 3.63) is 95.7 Å². The Labute approximate surface area is 223 Å². The topological polar surface area (TPSA) is 6.25 Å². The van der Waals surface area contributed by atoms with E-state index in [2.05, 4.69) is 141 Å². The second-order valence-electron chi connectivity index (χ2n) is 10.4. The second kappa shape index (κ2) is 10.8. The minimum atomic E-state index is -0.0191. The summed E-state index contributed by atoms with van der Waals surface area (Å²) < 4.78 is 2.48. The van der Waals surface area contributed by atoms with E-state index in [0.29, 0.717) is 0 Å². The third kappa shape index (κ3) is 4.93. The molecule has 4 heteroatoms. The molecule has 0 saturated heterocycles. The first-order valence-corrected chi connectivity index (χ1v) is 14.0. The van der Waals surface area contributed by atoms with E-state index in [1.54, 1.807) is 0 Å². The van der Waals surface area contributed by atoms with Crippen LogP contribution in [0.5, 0.6) is 0 Å². The van der Waals surface area contributed by atoms with E-state index in [9.17, 15) is 0 Å². The highest BCUT2D eigenvalue weighted by molar-refractivity contribution is 7.80. The zero-order valence-electron chi connectivity index (χ0n) is 21.5. The maximum absolute atomic E-state index is 4.46. The zero-order valence-corrected chi connectivity index (χ0v) is 23.3. The van der Waals surface area contributed by atoms with Crippen LogP contribution in [0.1, 0.15) is 51.7 Å². The number of thiol groups is 2. The average molecular weight is 504 g/mol. The monoisotopic (exact) mass is 503 g/mol. The molecule has 0 spiro atoms. The van der Waals surface area contributed by atoms with E-state index >= 15 is 0 Å². The van der Waals surface area contributed by atoms with Crippen LogP contribution in [0, 0.1) is 0 Å². The van der Waals surface area contributed by atoms with Crippen molar-refractivity contribution in [1.29, 1.82) is 0 Å². The molecule has 2 aromatic carbocycles. The number of benzene rings is 2. The average Bonchev–Trinajstić information content (AvgIpc) is 3.20. The Morgan fingerprint density at radius 1 is 0.800 bits per heavy atom. The van der Waals surface area contributed by atoms with Gasteiger partial charge in [0.2, 0.25) is 5.69 Å². The first kappa shape index (κ1) is 25.9. The third-order valence-electron chi connectivity index (χ3n) is 7.41. The third-order valence-corrected chi connectivity index (χ3v) is 8.04. The smallest absolute Gasteiger partial charge is 0.209 e. The van der Waals surface area contributed by atoms with Crippen LogP contribution in [0.25, 0.3) is 0 Å².